The quantitative estimate of drug-likeness (QED) is 0.462. The lowest BCUT2D eigenvalue weighted by atomic mass is 9.92. The molecule has 0 unspecified atom stereocenters. The molecular weight excluding hydrogens is 403 g/mol. The molecular formula is C22H21N2O3PS. The maximum atomic E-state index is 14.9. The highest BCUT2D eigenvalue weighted by molar-refractivity contribution is 7.77. The first kappa shape index (κ1) is 19.6. The van der Waals surface area contributed by atoms with Crippen LogP contribution in [0.25, 0.3) is 0 Å². The Morgan fingerprint density at radius 2 is 1.62 bits per heavy atom. The predicted octanol–water partition coefficient (Wildman–Crippen LogP) is 3.78. The smallest absolute Gasteiger partial charge is 0.333 e. The third-order valence-electron chi connectivity index (χ3n) is 5.29. The second kappa shape index (κ2) is 7.62. The van der Waals surface area contributed by atoms with Gasteiger partial charge in [-0.3, -0.25) is 14.2 Å². The first-order valence-electron chi connectivity index (χ1n) is 9.19. The number of ether oxygens (including phenoxy) is 1. The summed E-state index contributed by atoms with van der Waals surface area (Å²) in [6.45, 7) is 1.91. The molecule has 7 heteroatoms. The Kier molecular flexibility index (Phi) is 5.15. The highest BCUT2D eigenvalue weighted by Crippen LogP contribution is 2.57. The van der Waals surface area contributed by atoms with Crippen molar-refractivity contribution in [2.24, 2.45) is 4.99 Å². The van der Waals surface area contributed by atoms with E-state index in [1.165, 1.54) is 18.4 Å². The van der Waals surface area contributed by atoms with Gasteiger partial charge in [0, 0.05) is 15.5 Å². The Morgan fingerprint density at radius 3 is 2.10 bits per heavy atom. The second-order valence-corrected chi connectivity index (χ2v) is 10.5. The topological polar surface area (TPSA) is 59.0 Å². The molecule has 0 amide bonds. The SMILES string of the molecule is COC(=O)[C@@H]1N=CN(P(=O)(c2ccccc2)c2ccccc2)[C@]1(C)c1cccs1. The van der Waals surface area contributed by atoms with Crippen molar-refractivity contribution in [2.75, 3.05) is 7.11 Å². The van der Waals surface area contributed by atoms with Gasteiger partial charge in [0.25, 0.3) is 0 Å². The van der Waals surface area contributed by atoms with Crippen molar-refractivity contribution in [3.8, 4) is 0 Å². The summed E-state index contributed by atoms with van der Waals surface area (Å²) in [5.74, 6) is -0.452. The van der Waals surface area contributed by atoms with E-state index in [2.05, 4.69) is 4.99 Å². The number of esters is 1. The van der Waals surface area contributed by atoms with Crippen LogP contribution >= 0.6 is 18.6 Å². The van der Waals surface area contributed by atoms with Gasteiger partial charge in [-0.25, -0.2) is 4.79 Å². The molecule has 1 aromatic heterocycles. The van der Waals surface area contributed by atoms with Gasteiger partial charge in [-0.15, -0.1) is 11.3 Å². The van der Waals surface area contributed by atoms with Gasteiger partial charge in [0.05, 0.1) is 13.4 Å². The minimum absolute atomic E-state index is 0.452. The number of aliphatic imine (C=N–C) groups is 1. The Morgan fingerprint density at radius 1 is 1.03 bits per heavy atom. The average molecular weight is 424 g/mol. The Hall–Kier alpha value is -2.69. The summed E-state index contributed by atoms with van der Waals surface area (Å²) in [6.07, 6.45) is 1.56. The molecule has 29 heavy (non-hydrogen) atoms. The summed E-state index contributed by atoms with van der Waals surface area (Å²) in [4.78, 5) is 18.0. The number of thiophene rings is 1. The van der Waals surface area contributed by atoms with Gasteiger partial charge >= 0.3 is 5.97 Å². The highest BCUT2D eigenvalue weighted by atomic mass is 32.1. The van der Waals surface area contributed by atoms with Crippen LogP contribution in [-0.2, 0) is 19.6 Å². The summed E-state index contributed by atoms with van der Waals surface area (Å²) < 4.78 is 21.7. The first-order chi connectivity index (χ1) is 14.0. The molecule has 3 aromatic rings. The minimum atomic E-state index is -3.34. The molecule has 5 nitrogen and oxygen atoms in total. The molecule has 0 radical (unpaired) electrons. The lowest BCUT2D eigenvalue weighted by Gasteiger charge is -2.42. The number of carbonyl (C=O) groups is 1. The van der Waals surface area contributed by atoms with E-state index in [0.717, 1.165) is 4.88 Å². The lowest BCUT2D eigenvalue weighted by molar-refractivity contribution is -0.144. The van der Waals surface area contributed by atoms with Crippen LogP contribution in [-0.4, -0.2) is 30.1 Å². The van der Waals surface area contributed by atoms with Crippen LogP contribution in [0.15, 0.2) is 83.2 Å². The molecule has 2 aromatic carbocycles. The van der Waals surface area contributed by atoms with Crippen molar-refractivity contribution in [1.29, 1.82) is 0 Å². The number of methoxy groups -OCH3 is 1. The van der Waals surface area contributed by atoms with E-state index in [1.807, 2.05) is 85.1 Å². The van der Waals surface area contributed by atoms with Gasteiger partial charge in [0.2, 0.25) is 7.29 Å². The Balaban J connectivity index is 1.96. The zero-order valence-corrected chi connectivity index (χ0v) is 17.8. The van der Waals surface area contributed by atoms with Crippen molar-refractivity contribution < 1.29 is 14.1 Å². The molecule has 148 valence electrons. The maximum absolute atomic E-state index is 14.9. The van der Waals surface area contributed by atoms with Crippen molar-refractivity contribution in [2.45, 2.75) is 18.5 Å². The van der Waals surface area contributed by atoms with Crippen LogP contribution in [0.4, 0.5) is 0 Å². The molecule has 0 aliphatic carbocycles. The zero-order valence-electron chi connectivity index (χ0n) is 16.1. The van der Waals surface area contributed by atoms with E-state index in [9.17, 15) is 9.36 Å². The fraction of sp³-hybridized carbons (Fsp3) is 0.182. The summed E-state index contributed by atoms with van der Waals surface area (Å²) in [6, 6.07) is 21.8. The monoisotopic (exact) mass is 424 g/mol. The molecule has 0 saturated heterocycles. The second-order valence-electron chi connectivity index (χ2n) is 6.91. The van der Waals surface area contributed by atoms with Crippen LogP contribution in [0.3, 0.4) is 0 Å². The summed E-state index contributed by atoms with van der Waals surface area (Å²) >= 11 is 1.51. The van der Waals surface area contributed by atoms with E-state index in [-0.39, 0.29) is 0 Å². The van der Waals surface area contributed by atoms with E-state index in [4.69, 9.17) is 4.74 Å². The Labute approximate surface area is 174 Å². The molecule has 0 spiro atoms. The lowest BCUT2D eigenvalue weighted by Crippen LogP contribution is -2.50. The molecule has 2 atom stereocenters. The molecule has 0 bridgehead atoms. The molecule has 1 aliphatic rings. The molecule has 4 rings (SSSR count). The third kappa shape index (κ3) is 3.04. The molecule has 2 heterocycles. The van der Waals surface area contributed by atoms with Gasteiger partial charge < -0.3 is 4.74 Å². The highest BCUT2D eigenvalue weighted by Gasteiger charge is 2.55. The summed E-state index contributed by atoms with van der Waals surface area (Å²) in [5, 5.41) is 3.32. The van der Waals surface area contributed by atoms with Crippen LogP contribution in [0, 0.1) is 0 Å². The van der Waals surface area contributed by atoms with E-state index in [1.54, 1.807) is 11.0 Å². The number of nitrogens with zero attached hydrogens (tertiary/aromatic N) is 2. The third-order valence-corrected chi connectivity index (χ3v) is 9.51. The standard InChI is InChI=1S/C22H21N2O3PS/c1-22(19-14-9-15-29-19)20(21(25)27-2)23-16-24(22)28(26,17-10-5-3-6-11-17)18-12-7-4-8-13-18/h3-16,20H,1-2H3/t20-,22+/m0/s1. The maximum Gasteiger partial charge on any atom is 0.333 e. The Bertz CT molecular complexity index is 1030. The number of benzene rings is 2. The average Bonchev–Trinajstić information content (AvgIpc) is 3.43. The number of hydrogen-bond donors (Lipinski definition) is 0. The molecule has 0 fully saturated rings. The van der Waals surface area contributed by atoms with Gasteiger partial charge in [-0.05, 0) is 42.6 Å². The number of carbonyl (C=O) groups excluding carboxylic acids is 1. The molecule has 1 aliphatic heterocycles. The summed E-state index contributed by atoms with van der Waals surface area (Å²) in [7, 11) is -1.99. The fourth-order valence-corrected chi connectivity index (χ4v) is 7.69. The first-order valence-corrected chi connectivity index (χ1v) is 11.7. The molecule has 0 N–H and O–H groups in total. The summed E-state index contributed by atoms with van der Waals surface area (Å²) in [5.41, 5.74) is -0.942. The minimum Gasteiger partial charge on any atom is -0.467 e. The van der Waals surface area contributed by atoms with Crippen LogP contribution in [0.2, 0.25) is 0 Å². The van der Waals surface area contributed by atoms with Crippen molar-refractivity contribution in [3.05, 3.63) is 83.1 Å². The number of rotatable bonds is 5. The normalized spacial score (nSPS) is 21.3. The number of hydrogen-bond acceptors (Lipinski definition) is 5. The zero-order chi connectivity index (χ0) is 20.5. The fourth-order valence-electron chi connectivity index (χ4n) is 3.76. The van der Waals surface area contributed by atoms with E-state index in [0.29, 0.717) is 10.6 Å². The van der Waals surface area contributed by atoms with Crippen molar-refractivity contribution >= 4 is 41.5 Å². The van der Waals surface area contributed by atoms with Gasteiger partial charge in [0.15, 0.2) is 6.04 Å². The van der Waals surface area contributed by atoms with Gasteiger partial charge in [-0.1, -0.05) is 42.5 Å². The van der Waals surface area contributed by atoms with Crippen LogP contribution in [0.1, 0.15) is 11.8 Å². The van der Waals surface area contributed by atoms with Crippen molar-refractivity contribution in [3.63, 3.8) is 0 Å². The van der Waals surface area contributed by atoms with E-state index < -0.39 is 24.8 Å². The van der Waals surface area contributed by atoms with E-state index >= 15 is 0 Å². The van der Waals surface area contributed by atoms with Crippen LogP contribution < -0.4 is 10.6 Å². The predicted molar refractivity (Wildman–Crippen MR) is 118 cm³/mol. The van der Waals surface area contributed by atoms with Crippen molar-refractivity contribution in [1.82, 2.24) is 4.67 Å². The van der Waals surface area contributed by atoms with Gasteiger partial charge in [0.1, 0.15) is 5.54 Å². The largest absolute Gasteiger partial charge is 0.467 e. The molecule has 0 saturated carbocycles. The van der Waals surface area contributed by atoms with Gasteiger partial charge in [-0.2, -0.15) is 0 Å². The van der Waals surface area contributed by atoms with Crippen LogP contribution in [0.5, 0.6) is 0 Å².